The van der Waals surface area contributed by atoms with Crippen LogP contribution in [0.2, 0.25) is 0 Å². The topological polar surface area (TPSA) is 166 Å². The average molecular weight is 464 g/mol. The Morgan fingerprint density at radius 3 is 1.68 bits per heavy atom. The summed E-state index contributed by atoms with van der Waals surface area (Å²) in [6.45, 7) is 4.60. The van der Waals surface area contributed by atoms with Gasteiger partial charge in [0.25, 0.3) is 20.2 Å². The van der Waals surface area contributed by atoms with Crippen LogP contribution in [0.1, 0.15) is 6.92 Å². The molecule has 162 valence electrons. The van der Waals surface area contributed by atoms with Gasteiger partial charge < -0.3 is 10.2 Å². The van der Waals surface area contributed by atoms with E-state index >= 15 is 0 Å². The van der Waals surface area contributed by atoms with Crippen LogP contribution in [0.4, 0.5) is 0 Å². The summed E-state index contributed by atoms with van der Waals surface area (Å²) in [5.74, 6) is -1.86. The molecule has 0 unspecified atom stereocenters. The monoisotopic (exact) mass is 464 g/mol. The Labute approximate surface area is 176 Å². The maximum Gasteiger partial charge on any atom is 0.330 e. The highest BCUT2D eigenvalue weighted by Crippen LogP contribution is 2.45. The smallest absolute Gasteiger partial charge is 0.330 e. The van der Waals surface area contributed by atoms with E-state index in [2.05, 4.69) is 6.58 Å². The van der Waals surface area contributed by atoms with Crippen molar-refractivity contribution >= 4 is 58.5 Å². The molecule has 0 bridgehead atoms. The minimum absolute atomic E-state index is 0.0549. The number of benzene rings is 4. The Kier molecular flexibility index (Phi) is 5.40. The first-order valence-electron chi connectivity index (χ1n) is 8.51. The van der Waals surface area contributed by atoms with Crippen molar-refractivity contribution in [3.8, 4) is 5.75 Å². The molecule has 0 atom stereocenters. The second-order valence-electron chi connectivity index (χ2n) is 6.72. The van der Waals surface area contributed by atoms with Gasteiger partial charge in [0, 0.05) is 21.7 Å². The molecule has 0 heterocycles. The van der Waals surface area contributed by atoms with Crippen LogP contribution in [0.15, 0.2) is 64.4 Å². The van der Waals surface area contributed by atoms with E-state index in [1.54, 1.807) is 30.3 Å². The number of phenolic OH excluding ortho intramolecular Hbond substituents is 1. The lowest BCUT2D eigenvalue weighted by atomic mass is 9.94. The summed E-state index contributed by atoms with van der Waals surface area (Å²) in [4.78, 5) is 7.32. The summed E-state index contributed by atoms with van der Waals surface area (Å²) in [6, 6.07) is 11.3. The molecule has 0 saturated heterocycles. The lowest BCUT2D eigenvalue weighted by molar-refractivity contribution is -0.132. The summed E-state index contributed by atoms with van der Waals surface area (Å²) in [7, 11) is -10.2. The highest BCUT2D eigenvalue weighted by molar-refractivity contribution is 7.89. The Morgan fingerprint density at radius 2 is 1.26 bits per heavy atom. The molecular formula is C20H16O9S2. The fraction of sp³-hybridized carbons (Fsp3) is 0.0500. The average Bonchev–Trinajstić information content (AvgIpc) is 2.65. The summed E-state index contributed by atoms with van der Waals surface area (Å²) in [5, 5.41) is 20.6. The van der Waals surface area contributed by atoms with Crippen molar-refractivity contribution in [2.45, 2.75) is 16.7 Å². The van der Waals surface area contributed by atoms with Gasteiger partial charge in [0.1, 0.15) is 10.6 Å². The van der Waals surface area contributed by atoms with Crippen molar-refractivity contribution in [3.63, 3.8) is 0 Å². The molecular weight excluding hydrogens is 448 g/mol. The third-order valence-electron chi connectivity index (χ3n) is 4.58. The molecule has 11 heteroatoms. The van der Waals surface area contributed by atoms with Gasteiger partial charge in [0.2, 0.25) is 0 Å². The number of carboxylic acids is 1. The highest BCUT2D eigenvalue weighted by Gasteiger charge is 2.32. The standard InChI is InChI=1S/C16H10O7S2.C4H6O2/c17-14-10-6-4-8-2-1-3-9-5-7-11(13(10)12(8)9)15(24(18,19)20)16(14)25(21,22)23;1-3(2)4(5)6/h1-7,17H,(H,18,19,20)(H,21,22,23);1H2,2H3,(H,5,6). The van der Waals surface area contributed by atoms with Gasteiger partial charge in [-0.3, -0.25) is 9.11 Å². The third-order valence-corrected chi connectivity index (χ3v) is 6.56. The van der Waals surface area contributed by atoms with Crippen molar-refractivity contribution in [1.82, 2.24) is 0 Å². The van der Waals surface area contributed by atoms with E-state index in [1.165, 1.54) is 19.1 Å². The molecule has 31 heavy (non-hydrogen) atoms. The van der Waals surface area contributed by atoms with Gasteiger partial charge in [0.15, 0.2) is 4.90 Å². The molecule has 4 aromatic carbocycles. The molecule has 4 N–H and O–H groups in total. The number of phenols is 1. The van der Waals surface area contributed by atoms with E-state index in [9.17, 15) is 35.8 Å². The first-order chi connectivity index (χ1) is 14.2. The fourth-order valence-corrected chi connectivity index (χ4v) is 5.43. The highest BCUT2D eigenvalue weighted by atomic mass is 32.2. The van der Waals surface area contributed by atoms with Crippen LogP contribution >= 0.6 is 0 Å². The summed E-state index contributed by atoms with van der Waals surface area (Å²) in [6.07, 6.45) is 0. The fourth-order valence-electron chi connectivity index (χ4n) is 3.32. The van der Waals surface area contributed by atoms with Gasteiger partial charge in [-0.2, -0.15) is 16.8 Å². The predicted octanol–water partition coefficient (Wildman–Crippen LogP) is 3.43. The van der Waals surface area contributed by atoms with Gasteiger partial charge in [0.05, 0.1) is 0 Å². The van der Waals surface area contributed by atoms with Crippen LogP contribution in [0, 0.1) is 0 Å². The van der Waals surface area contributed by atoms with Crippen molar-refractivity contribution in [1.29, 1.82) is 0 Å². The number of aliphatic carboxylic acids is 1. The molecule has 0 aliphatic carbocycles. The van der Waals surface area contributed by atoms with Crippen LogP contribution in [0.3, 0.4) is 0 Å². The van der Waals surface area contributed by atoms with Crippen LogP contribution in [-0.4, -0.2) is 42.1 Å². The Hall–Kier alpha value is -3.25. The lowest BCUT2D eigenvalue weighted by Gasteiger charge is -2.16. The van der Waals surface area contributed by atoms with Crippen LogP contribution in [0.25, 0.3) is 32.3 Å². The van der Waals surface area contributed by atoms with E-state index in [-0.39, 0.29) is 21.7 Å². The third kappa shape index (κ3) is 3.91. The van der Waals surface area contributed by atoms with Gasteiger partial charge in [-0.1, -0.05) is 43.0 Å². The molecule has 0 amide bonds. The van der Waals surface area contributed by atoms with Crippen molar-refractivity contribution < 1.29 is 40.9 Å². The molecule has 0 saturated carbocycles. The molecule has 9 nitrogen and oxygen atoms in total. The summed E-state index contributed by atoms with van der Waals surface area (Å²) < 4.78 is 66.2. The van der Waals surface area contributed by atoms with E-state index < -0.39 is 41.7 Å². The second kappa shape index (κ2) is 7.46. The van der Waals surface area contributed by atoms with Crippen molar-refractivity contribution in [2.75, 3.05) is 0 Å². The number of carbonyl (C=O) groups is 1. The van der Waals surface area contributed by atoms with Gasteiger partial charge in [-0.25, -0.2) is 4.79 Å². The summed E-state index contributed by atoms with van der Waals surface area (Å²) >= 11 is 0. The summed E-state index contributed by atoms with van der Waals surface area (Å²) in [5.41, 5.74) is 0.176. The lowest BCUT2D eigenvalue weighted by Crippen LogP contribution is -2.10. The molecule has 0 radical (unpaired) electrons. The Bertz CT molecular complexity index is 1560. The van der Waals surface area contributed by atoms with E-state index in [0.29, 0.717) is 5.39 Å². The van der Waals surface area contributed by atoms with E-state index in [4.69, 9.17) is 5.11 Å². The number of hydrogen-bond donors (Lipinski definition) is 4. The van der Waals surface area contributed by atoms with Crippen LogP contribution < -0.4 is 0 Å². The van der Waals surface area contributed by atoms with E-state index in [1.807, 2.05) is 0 Å². The quantitative estimate of drug-likeness (QED) is 0.202. The molecule has 0 aliphatic heterocycles. The zero-order chi connectivity index (χ0) is 23.3. The molecule has 4 rings (SSSR count). The minimum atomic E-state index is -5.13. The number of rotatable bonds is 3. The number of carboxylic acid groups (broad SMARTS) is 1. The van der Waals surface area contributed by atoms with E-state index in [0.717, 1.165) is 10.8 Å². The SMILES string of the molecule is C=C(C)C(=O)O.O=S(=O)(O)c1c(O)c2ccc3cccc4ccc(c1S(=O)(=O)O)c2c34. The maximum absolute atomic E-state index is 11.9. The van der Waals surface area contributed by atoms with Crippen LogP contribution in [0.5, 0.6) is 5.75 Å². The zero-order valence-corrected chi connectivity index (χ0v) is 17.5. The zero-order valence-electron chi connectivity index (χ0n) is 15.9. The van der Waals surface area contributed by atoms with Gasteiger partial charge in [-0.05, 0) is 29.1 Å². The van der Waals surface area contributed by atoms with Crippen molar-refractivity contribution in [3.05, 3.63) is 54.6 Å². The predicted molar refractivity (Wildman–Crippen MR) is 114 cm³/mol. The largest absolute Gasteiger partial charge is 0.506 e. The van der Waals surface area contributed by atoms with Gasteiger partial charge >= 0.3 is 5.97 Å². The first kappa shape index (κ1) is 22.4. The second-order valence-corrected chi connectivity index (χ2v) is 9.44. The normalized spacial score (nSPS) is 12.1. The van der Waals surface area contributed by atoms with Gasteiger partial charge in [-0.15, -0.1) is 0 Å². The first-order valence-corrected chi connectivity index (χ1v) is 11.4. The Morgan fingerprint density at radius 1 is 0.806 bits per heavy atom. The number of aromatic hydroxyl groups is 1. The minimum Gasteiger partial charge on any atom is -0.506 e. The molecule has 0 aromatic heterocycles. The number of hydrogen-bond acceptors (Lipinski definition) is 6. The molecule has 4 aromatic rings. The maximum atomic E-state index is 11.9. The van der Waals surface area contributed by atoms with Crippen molar-refractivity contribution in [2.24, 2.45) is 0 Å². The van der Waals surface area contributed by atoms with Crippen LogP contribution in [-0.2, 0) is 25.0 Å². The Balaban J connectivity index is 0.000000401. The molecule has 0 aliphatic rings. The molecule has 0 spiro atoms. The molecule has 0 fully saturated rings.